The SMILES string of the molecule is O=C(c1ccc(Cl)cc1)c1cccc2c1CCC2n1ccnc1. The van der Waals surface area contributed by atoms with Crippen LogP contribution in [0, 0.1) is 0 Å². The Labute approximate surface area is 139 Å². The maximum Gasteiger partial charge on any atom is 0.193 e. The Kier molecular flexibility index (Phi) is 3.50. The number of benzene rings is 2. The largest absolute Gasteiger partial charge is 0.330 e. The number of rotatable bonds is 3. The molecule has 1 unspecified atom stereocenters. The van der Waals surface area contributed by atoms with Crippen molar-refractivity contribution < 1.29 is 4.79 Å². The van der Waals surface area contributed by atoms with Crippen LogP contribution in [0.2, 0.25) is 5.02 Å². The van der Waals surface area contributed by atoms with Gasteiger partial charge in [-0.2, -0.15) is 0 Å². The Hall–Kier alpha value is -2.39. The lowest BCUT2D eigenvalue weighted by atomic mass is 9.95. The number of hydrogen-bond donors (Lipinski definition) is 0. The number of fused-ring (bicyclic) bond motifs is 1. The van der Waals surface area contributed by atoms with Crippen LogP contribution in [-0.4, -0.2) is 15.3 Å². The molecule has 0 fully saturated rings. The summed E-state index contributed by atoms with van der Waals surface area (Å²) < 4.78 is 2.11. The van der Waals surface area contributed by atoms with Gasteiger partial charge in [0, 0.05) is 28.5 Å². The number of imidazole rings is 1. The molecule has 0 spiro atoms. The van der Waals surface area contributed by atoms with Crippen LogP contribution in [-0.2, 0) is 6.42 Å². The minimum absolute atomic E-state index is 0.0600. The highest BCUT2D eigenvalue weighted by atomic mass is 35.5. The first-order chi connectivity index (χ1) is 11.2. The molecule has 0 saturated carbocycles. The molecule has 1 atom stereocenters. The van der Waals surface area contributed by atoms with Gasteiger partial charge >= 0.3 is 0 Å². The van der Waals surface area contributed by atoms with Gasteiger partial charge in [0.2, 0.25) is 0 Å². The summed E-state index contributed by atoms with van der Waals surface area (Å²) in [5, 5.41) is 0.639. The third-order valence-electron chi connectivity index (χ3n) is 4.47. The summed E-state index contributed by atoms with van der Waals surface area (Å²) in [5.74, 6) is 0.0600. The third kappa shape index (κ3) is 2.47. The van der Waals surface area contributed by atoms with Crippen molar-refractivity contribution in [3.63, 3.8) is 0 Å². The zero-order chi connectivity index (χ0) is 15.8. The quantitative estimate of drug-likeness (QED) is 0.674. The summed E-state index contributed by atoms with van der Waals surface area (Å²) in [6, 6.07) is 13.4. The summed E-state index contributed by atoms with van der Waals surface area (Å²) in [7, 11) is 0. The van der Waals surface area contributed by atoms with Gasteiger partial charge in [0.05, 0.1) is 12.4 Å². The van der Waals surface area contributed by atoms with Crippen LogP contribution in [0.4, 0.5) is 0 Å². The second kappa shape index (κ2) is 5.67. The van der Waals surface area contributed by atoms with E-state index in [0.717, 1.165) is 24.0 Å². The van der Waals surface area contributed by atoms with E-state index in [-0.39, 0.29) is 11.8 Å². The average molecular weight is 323 g/mol. The number of halogens is 1. The average Bonchev–Trinajstić information content (AvgIpc) is 3.23. The number of hydrogen-bond acceptors (Lipinski definition) is 2. The van der Waals surface area contributed by atoms with Crippen molar-refractivity contribution in [2.75, 3.05) is 0 Å². The highest BCUT2D eigenvalue weighted by Crippen LogP contribution is 2.36. The number of aromatic nitrogens is 2. The summed E-state index contributed by atoms with van der Waals surface area (Å²) in [6.45, 7) is 0. The van der Waals surface area contributed by atoms with Crippen molar-refractivity contribution in [2.45, 2.75) is 18.9 Å². The van der Waals surface area contributed by atoms with Crippen LogP contribution in [0.5, 0.6) is 0 Å². The van der Waals surface area contributed by atoms with E-state index in [9.17, 15) is 4.79 Å². The van der Waals surface area contributed by atoms with E-state index in [0.29, 0.717) is 10.6 Å². The van der Waals surface area contributed by atoms with Gasteiger partial charge in [-0.3, -0.25) is 4.79 Å². The number of carbonyl (C=O) groups excluding carboxylic acids is 1. The van der Waals surface area contributed by atoms with E-state index in [2.05, 4.69) is 15.6 Å². The van der Waals surface area contributed by atoms with Crippen LogP contribution in [0.1, 0.15) is 39.5 Å². The number of ketones is 1. The molecular weight excluding hydrogens is 308 g/mol. The topological polar surface area (TPSA) is 34.9 Å². The number of carbonyl (C=O) groups is 1. The van der Waals surface area contributed by atoms with Crippen LogP contribution < -0.4 is 0 Å². The Balaban J connectivity index is 1.74. The predicted octanol–water partition coefficient (Wildman–Crippen LogP) is 4.30. The molecule has 114 valence electrons. The van der Waals surface area contributed by atoms with E-state index in [1.165, 1.54) is 5.56 Å². The normalized spacial score (nSPS) is 16.3. The summed E-state index contributed by atoms with van der Waals surface area (Å²) in [4.78, 5) is 17.0. The molecule has 1 aromatic heterocycles. The lowest BCUT2D eigenvalue weighted by Gasteiger charge is -2.14. The van der Waals surface area contributed by atoms with Crippen molar-refractivity contribution in [3.05, 3.63) is 88.5 Å². The summed E-state index contributed by atoms with van der Waals surface area (Å²) in [6.07, 6.45) is 7.52. The van der Waals surface area contributed by atoms with Gasteiger partial charge in [-0.1, -0.05) is 29.8 Å². The van der Waals surface area contributed by atoms with E-state index in [1.807, 2.05) is 24.7 Å². The molecule has 2 aromatic carbocycles. The standard InChI is InChI=1S/C19H15ClN2O/c20-14-6-4-13(5-7-14)19(23)17-3-1-2-16-15(17)8-9-18(16)22-11-10-21-12-22/h1-7,10-12,18H,8-9H2. The molecule has 1 aliphatic rings. The van der Waals surface area contributed by atoms with Crippen molar-refractivity contribution in [1.29, 1.82) is 0 Å². The molecular formula is C19H15ClN2O. The molecule has 4 heteroatoms. The highest BCUT2D eigenvalue weighted by Gasteiger charge is 2.27. The van der Waals surface area contributed by atoms with Gasteiger partial charge in [0.25, 0.3) is 0 Å². The van der Waals surface area contributed by atoms with Crippen molar-refractivity contribution in [1.82, 2.24) is 9.55 Å². The Morgan fingerprint density at radius 2 is 2.00 bits per heavy atom. The van der Waals surface area contributed by atoms with E-state index < -0.39 is 0 Å². The predicted molar refractivity (Wildman–Crippen MR) is 90.0 cm³/mol. The zero-order valence-electron chi connectivity index (χ0n) is 12.4. The Morgan fingerprint density at radius 1 is 1.17 bits per heavy atom. The van der Waals surface area contributed by atoms with E-state index >= 15 is 0 Å². The molecule has 3 aromatic rings. The zero-order valence-corrected chi connectivity index (χ0v) is 13.2. The summed E-state index contributed by atoms with van der Waals surface area (Å²) in [5.41, 5.74) is 3.86. The maximum atomic E-state index is 12.8. The fourth-order valence-corrected chi connectivity index (χ4v) is 3.49. The monoisotopic (exact) mass is 322 g/mol. The third-order valence-corrected chi connectivity index (χ3v) is 4.73. The highest BCUT2D eigenvalue weighted by molar-refractivity contribution is 6.30. The fraction of sp³-hybridized carbons (Fsp3) is 0.158. The van der Waals surface area contributed by atoms with Crippen molar-refractivity contribution in [2.24, 2.45) is 0 Å². The second-order valence-corrected chi connectivity index (χ2v) is 6.21. The van der Waals surface area contributed by atoms with Crippen molar-refractivity contribution >= 4 is 17.4 Å². The molecule has 0 amide bonds. The molecule has 4 rings (SSSR count). The molecule has 23 heavy (non-hydrogen) atoms. The van der Waals surface area contributed by atoms with Crippen LogP contribution >= 0.6 is 11.6 Å². The molecule has 0 aliphatic heterocycles. The fourth-order valence-electron chi connectivity index (χ4n) is 3.37. The first kappa shape index (κ1) is 14.2. The second-order valence-electron chi connectivity index (χ2n) is 5.77. The van der Waals surface area contributed by atoms with Gasteiger partial charge in [-0.25, -0.2) is 4.98 Å². The smallest absolute Gasteiger partial charge is 0.193 e. The van der Waals surface area contributed by atoms with Crippen LogP contribution in [0.25, 0.3) is 0 Å². The van der Waals surface area contributed by atoms with E-state index in [4.69, 9.17) is 11.6 Å². The van der Waals surface area contributed by atoms with Gasteiger partial charge < -0.3 is 4.57 Å². The molecule has 1 aliphatic carbocycles. The molecule has 0 N–H and O–H groups in total. The molecule has 3 nitrogen and oxygen atoms in total. The van der Waals surface area contributed by atoms with Crippen LogP contribution in [0.15, 0.2) is 61.2 Å². The van der Waals surface area contributed by atoms with Crippen LogP contribution in [0.3, 0.4) is 0 Å². The van der Waals surface area contributed by atoms with Gasteiger partial charge in [0.1, 0.15) is 0 Å². The lowest BCUT2D eigenvalue weighted by molar-refractivity contribution is 0.103. The molecule has 0 bridgehead atoms. The first-order valence-corrected chi connectivity index (χ1v) is 8.01. The van der Waals surface area contributed by atoms with E-state index in [1.54, 1.807) is 30.5 Å². The lowest BCUT2D eigenvalue weighted by Crippen LogP contribution is -2.07. The first-order valence-electron chi connectivity index (χ1n) is 7.63. The van der Waals surface area contributed by atoms with Crippen molar-refractivity contribution in [3.8, 4) is 0 Å². The molecule has 0 saturated heterocycles. The van der Waals surface area contributed by atoms with Gasteiger partial charge in [-0.05, 0) is 48.2 Å². The minimum atomic E-state index is 0.0600. The maximum absolute atomic E-state index is 12.8. The summed E-state index contributed by atoms with van der Waals surface area (Å²) >= 11 is 5.91. The van der Waals surface area contributed by atoms with Gasteiger partial charge in [0.15, 0.2) is 5.78 Å². The minimum Gasteiger partial charge on any atom is -0.330 e. The molecule has 1 heterocycles. The molecule has 0 radical (unpaired) electrons. The van der Waals surface area contributed by atoms with Gasteiger partial charge in [-0.15, -0.1) is 0 Å². The number of nitrogens with zero attached hydrogens (tertiary/aromatic N) is 2. The Morgan fingerprint density at radius 3 is 2.74 bits per heavy atom. The Bertz CT molecular complexity index is 854.